The molecule has 1 atom stereocenters. The van der Waals surface area contributed by atoms with Crippen LogP contribution in [-0.2, 0) is 14.3 Å². The topological polar surface area (TPSA) is 96.2 Å². The molecule has 36 heavy (non-hydrogen) atoms. The summed E-state index contributed by atoms with van der Waals surface area (Å²) < 4.78 is 31.1. The van der Waals surface area contributed by atoms with Crippen molar-refractivity contribution in [1.82, 2.24) is 4.57 Å². The molecule has 4 rings (SSSR count). The standard InChI is InChI=1S/C26H23FN2O6S/c1-5-34-25(32)22-14(2)28-26-29(23(22)17-7-9-18(27)10-8-17)24(31)21(36-26)13-16-6-11-19(35-15(3)30)20(12-16)33-4/h6-13,23H,5H2,1-4H3/b21-13-/t23-/m1/s1. The molecule has 0 bridgehead atoms. The van der Waals surface area contributed by atoms with Crippen molar-refractivity contribution in [3.63, 3.8) is 0 Å². The number of rotatable bonds is 6. The van der Waals surface area contributed by atoms with Crippen molar-refractivity contribution in [2.45, 2.75) is 26.8 Å². The van der Waals surface area contributed by atoms with E-state index in [0.29, 0.717) is 31.9 Å². The van der Waals surface area contributed by atoms with Crippen molar-refractivity contribution in [2.75, 3.05) is 13.7 Å². The fraction of sp³-hybridized carbons (Fsp3) is 0.231. The van der Waals surface area contributed by atoms with Crippen LogP contribution in [0.1, 0.15) is 37.9 Å². The summed E-state index contributed by atoms with van der Waals surface area (Å²) in [6, 6.07) is 9.70. The van der Waals surface area contributed by atoms with Crippen molar-refractivity contribution < 1.29 is 28.2 Å². The molecule has 3 aromatic rings. The van der Waals surface area contributed by atoms with Crippen LogP contribution in [0.5, 0.6) is 11.5 Å². The first kappa shape index (κ1) is 25.1. The summed E-state index contributed by atoms with van der Waals surface area (Å²) in [6.07, 6.45) is 1.66. The summed E-state index contributed by atoms with van der Waals surface area (Å²) in [5.41, 5.74) is 1.45. The highest BCUT2D eigenvalue weighted by atomic mass is 32.1. The van der Waals surface area contributed by atoms with E-state index in [1.54, 1.807) is 38.1 Å². The first-order valence-corrected chi connectivity index (χ1v) is 11.9. The highest BCUT2D eigenvalue weighted by Gasteiger charge is 2.33. The summed E-state index contributed by atoms with van der Waals surface area (Å²) >= 11 is 1.16. The van der Waals surface area contributed by atoms with Gasteiger partial charge in [-0.05, 0) is 55.3 Å². The molecule has 0 unspecified atom stereocenters. The number of benzene rings is 2. The molecule has 2 heterocycles. The summed E-state index contributed by atoms with van der Waals surface area (Å²) in [5.74, 6) is -0.919. The van der Waals surface area contributed by atoms with E-state index in [0.717, 1.165) is 11.3 Å². The van der Waals surface area contributed by atoms with Crippen LogP contribution >= 0.6 is 11.3 Å². The second-order valence-corrected chi connectivity index (χ2v) is 8.87. The Bertz CT molecular complexity index is 1550. The van der Waals surface area contributed by atoms with Gasteiger partial charge >= 0.3 is 11.9 Å². The molecule has 1 aliphatic heterocycles. The van der Waals surface area contributed by atoms with Gasteiger partial charge < -0.3 is 14.2 Å². The van der Waals surface area contributed by atoms with Gasteiger partial charge in [0, 0.05) is 6.92 Å². The van der Waals surface area contributed by atoms with Gasteiger partial charge in [0.05, 0.1) is 35.6 Å². The Morgan fingerprint density at radius 3 is 2.53 bits per heavy atom. The molecule has 0 fully saturated rings. The minimum atomic E-state index is -0.830. The van der Waals surface area contributed by atoms with Crippen molar-refractivity contribution in [3.05, 3.63) is 90.4 Å². The van der Waals surface area contributed by atoms with Crippen molar-refractivity contribution >= 4 is 29.4 Å². The summed E-state index contributed by atoms with van der Waals surface area (Å²) in [6.45, 7) is 4.81. The van der Waals surface area contributed by atoms with E-state index in [4.69, 9.17) is 14.2 Å². The number of thiazole rings is 1. The van der Waals surface area contributed by atoms with Crippen molar-refractivity contribution in [3.8, 4) is 11.5 Å². The number of fused-ring (bicyclic) bond motifs is 1. The lowest BCUT2D eigenvalue weighted by Crippen LogP contribution is -2.39. The number of nitrogens with zero attached hydrogens (tertiary/aromatic N) is 2. The predicted molar refractivity (Wildman–Crippen MR) is 131 cm³/mol. The second kappa shape index (κ2) is 10.3. The second-order valence-electron chi connectivity index (χ2n) is 7.86. The third-order valence-corrected chi connectivity index (χ3v) is 6.42. The molecular formula is C26H23FN2O6S. The fourth-order valence-electron chi connectivity index (χ4n) is 3.92. The number of methoxy groups -OCH3 is 1. The molecule has 0 amide bonds. The molecule has 0 radical (unpaired) electrons. The third-order valence-electron chi connectivity index (χ3n) is 5.44. The Morgan fingerprint density at radius 1 is 1.17 bits per heavy atom. The molecule has 8 nitrogen and oxygen atoms in total. The Labute approximate surface area is 209 Å². The van der Waals surface area contributed by atoms with E-state index < -0.39 is 23.8 Å². The van der Waals surface area contributed by atoms with Crippen molar-refractivity contribution in [1.29, 1.82) is 0 Å². The van der Waals surface area contributed by atoms with Crippen LogP contribution in [0.2, 0.25) is 0 Å². The van der Waals surface area contributed by atoms with Gasteiger partial charge in [0.25, 0.3) is 5.56 Å². The molecule has 0 saturated carbocycles. The first-order valence-electron chi connectivity index (χ1n) is 11.0. The largest absolute Gasteiger partial charge is 0.493 e. The Morgan fingerprint density at radius 2 is 1.89 bits per heavy atom. The molecule has 10 heteroatoms. The highest BCUT2D eigenvalue weighted by molar-refractivity contribution is 7.07. The van der Waals surface area contributed by atoms with Crippen LogP contribution in [0.15, 0.2) is 63.5 Å². The van der Waals surface area contributed by atoms with E-state index in [1.165, 1.54) is 42.9 Å². The van der Waals surface area contributed by atoms with Gasteiger partial charge in [0.1, 0.15) is 5.82 Å². The van der Waals surface area contributed by atoms with E-state index in [1.807, 2.05) is 0 Å². The normalized spacial score (nSPS) is 15.2. The molecule has 2 aromatic carbocycles. The molecule has 0 N–H and O–H groups in total. The Balaban J connectivity index is 1.89. The average molecular weight is 511 g/mol. The predicted octanol–water partition coefficient (Wildman–Crippen LogP) is 2.87. The van der Waals surface area contributed by atoms with E-state index in [-0.39, 0.29) is 23.5 Å². The summed E-state index contributed by atoms with van der Waals surface area (Å²) in [4.78, 5) is 42.7. The maximum atomic E-state index is 13.7. The lowest BCUT2D eigenvalue weighted by atomic mass is 9.96. The number of allylic oxidation sites excluding steroid dienone is 1. The molecule has 0 spiro atoms. The zero-order valence-electron chi connectivity index (χ0n) is 20.0. The van der Waals surface area contributed by atoms with Crippen LogP contribution in [0.25, 0.3) is 6.08 Å². The van der Waals surface area contributed by atoms with Gasteiger partial charge in [0.2, 0.25) is 0 Å². The lowest BCUT2D eigenvalue weighted by Gasteiger charge is -2.24. The van der Waals surface area contributed by atoms with Gasteiger partial charge in [-0.15, -0.1) is 0 Å². The number of carbonyl (C=O) groups is 2. The molecule has 0 saturated heterocycles. The summed E-state index contributed by atoms with van der Waals surface area (Å²) in [5, 5.41) is 0. The zero-order valence-corrected chi connectivity index (χ0v) is 20.8. The monoisotopic (exact) mass is 510 g/mol. The van der Waals surface area contributed by atoms with Gasteiger partial charge in [-0.25, -0.2) is 14.2 Å². The third kappa shape index (κ3) is 4.85. The number of hydrogen-bond acceptors (Lipinski definition) is 8. The number of halogens is 1. The Hall–Kier alpha value is -4.05. The van der Waals surface area contributed by atoms with Crippen LogP contribution in [0.3, 0.4) is 0 Å². The number of hydrogen-bond donors (Lipinski definition) is 0. The number of ether oxygens (including phenoxy) is 3. The fourth-order valence-corrected chi connectivity index (χ4v) is 4.96. The van der Waals surface area contributed by atoms with Gasteiger partial charge in [-0.1, -0.05) is 29.5 Å². The van der Waals surface area contributed by atoms with Crippen LogP contribution in [-0.4, -0.2) is 30.2 Å². The van der Waals surface area contributed by atoms with Crippen molar-refractivity contribution in [2.24, 2.45) is 4.99 Å². The molecule has 1 aromatic heterocycles. The SMILES string of the molecule is CCOC(=O)C1=C(C)N=c2s/c(=C\c3ccc(OC(C)=O)c(OC)c3)c(=O)n2[C@@H]1c1ccc(F)cc1. The molecule has 186 valence electrons. The smallest absolute Gasteiger partial charge is 0.338 e. The highest BCUT2D eigenvalue weighted by Crippen LogP contribution is 2.31. The van der Waals surface area contributed by atoms with Gasteiger partial charge in [0.15, 0.2) is 16.3 Å². The first-order chi connectivity index (χ1) is 17.2. The van der Waals surface area contributed by atoms with E-state index in [9.17, 15) is 18.8 Å². The maximum Gasteiger partial charge on any atom is 0.338 e. The lowest BCUT2D eigenvalue weighted by molar-refractivity contribution is -0.139. The molecule has 1 aliphatic rings. The number of esters is 2. The van der Waals surface area contributed by atoms with E-state index in [2.05, 4.69) is 4.99 Å². The van der Waals surface area contributed by atoms with Gasteiger partial charge in [-0.3, -0.25) is 14.2 Å². The van der Waals surface area contributed by atoms with Crippen LogP contribution in [0.4, 0.5) is 4.39 Å². The van der Waals surface area contributed by atoms with Gasteiger partial charge in [-0.2, -0.15) is 0 Å². The summed E-state index contributed by atoms with van der Waals surface area (Å²) in [7, 11) is 1.45. The van der Waals surface area contributed by atoms with E-state index >= 15 is 0 Å². The van der Waals surface area contributed by atoms with Crippen LogP contribution in [0, 0.1) is 5.82 Å². The molecular weight excluding hydrogens is 487 g/mol. The zero-order chi connectivity index (χ0) is 26.0. The van der Waals surface area contributed by atoms with Crippen LogP contribution < -0.4 is 24.4 Å². The Kier molecular flexibility index (Phi) is 7.16. The average Bonchev–Trinajstić information content (AvgIpc) is 3.13. The minimum absolute atomic E-state index is 0.154. The maximum absolute atomic E-state index is 13.7. The quantitative estimate of drug-likeness (QED) is 0.374. The molecule has 0 aliphatic carbocycles. The number of aromatic nitrogens is 1. The number of carbonyl (C=O) groups excluding carboxylic acids is 2. The minimum Gasteiger partial charge on any atom is -0.493 e.